The number of sulfonamides is 1. The van der Waals surface area contributed by atoms with Gasteiger partial charge in [-0.1, -0.05) is 11.8 Å². The van der Waals surface area contributed by atoms with Crippen molar-refractivity contribution >= 4 is 21.8 Å². The van der Waals surface area contributed by atoms with Gasteiger partial charge in [-0.25, -0.2) is 12.8 Å². The number of benzene rings is 1. The van der Waals surface area contributed by atoms with E-state index in [-0.39, 0.29) is 10.5 Å². The van der Waals surface area contributed by atoms with Gasteiger partial charge in [0.05, 0.1) is 4.90 Å². The van der Waals surface area contributed by atoms with Crippen LogP contribution in [0.5, 0.6) is 0 Å². The third-order valence-corrected chi connectivity index (χ3v) is 6.05. The molecule has 1 aliphatic rings. The minimum absolute atomic E-state index is 0.00301. The molecule has 0 saturated carbocycles. The monoisotopic (exact) mass is 329 g/mol. The zero-order valence-electron chi connectivity index (χ0n) is 11.4. The maximum Gasteiger partial charge on any atom is 0.244 e. The molecule has 1 fully saturated rings. The Balaban J connectivity index is 2.43. The Labute approximate surface area is 128 Å². The SMILES string of the molecule is O=S(=O)(c1ccc(F)cc1C#CCO)N1CCCSCC1. The van der Waals surface area contributed by atoms with Crippen LogP contribution in [0.4, 0.5) is 4.39 Å². The Morgan fingerprint density at radius 3 is 2.90 bits per heavy atom. The molecule has 1 aliphatic heterocycles. The average Bonchev–Trinajstić information content (AvgIpc) is 2.74. The fourth-order valence-electron chi connectivity index (χ4n) is 2.06. The van der Waals surface area contributed by atoms with Gasteiger partial charge in [0.2, 0.25) is 10.0 Å². The van der Waals surface area contributed by atoms with Gasteiger partial charge in [0, 0.05) is 24.4 Å². The summed E-state index contributed by atoms with van der Waals surface area (Å²) < 4.78 is 40.1. The summed E-state index contributed by atoms with van der Waals surface area (Å²) in [6.07, 6.45) is 0.794. The van der Waals surface area contributed by atoms with E-state index in [9.17, 15) is 12.8 Å². The second-order valence-electron chi connectivity index (χ2n) is 4.47. The predicted octanol–water partition coefficient (Wildman–Crippen LogP) is 1.30. The minimum Gasteiger partial charge on any atom is -0.384 e. The Morgan fingerprint density at radius 1 is 1.33 bits per heavy atom. The van der Waals surface area contributed by atoms with Gasteiger partial charge in [-0.2, -0.15) is 16.1 Å². The third kappa shape index (κ3) is 3.98. The second-order valence-corrected chi connectivity index (χ2v) is 7.60. The van der Waals surface area contributed by atoms with Crippen molar-refractivity contribution < 1.29 is 17.9 Å². The quantitative estimate of drug-likeness (QED) is 0.831. The van der Waals surface area contributed by atoms with Gasteiger partial charge >= 0.3 is 0 Å². The Bertz CT molecular complexity index is 657. The van der Waals surface area contributed by atoms with Crippen LogP contribution in [-0.2, 0) is 10.0 Å². The van der Waals surface area contributed by atoms with E-state index in [4.69, 9.17) is 5.11 Å². The van der Waals surface area contributed by atoms with Crippen LogP contribution in [0.1, 0.15) is 12.0 Å². The molecule has 0 bridgehead atoms. The van der Waals surface area contributed by atoms with Gasteiger partial charge in [0.1, 0.15) is 12.4 Å². The normalized spacial score (nSPS) is 16.9. The van der Waals surface area contributed by atoms with Gasteiger partial charge in [0.15, 0.2) is 0 Å². The molecule has 1 saturated heterocycles. The summed E-state index contributed by atoms with van der Waals surface area (Å²) in [6.45, 7) is 0.493. The van der Waals surface area contributed by atoms with Crippen LogP contribution in [0.3, 0.4) is 0 Å². The molecule has 1 heterocycles. The van der Waals surface area contributed by atoms with E-state index in [1.54, 1.807) is 11.8 Å². The molecule has 2 rings (SSSR count). The van der Waals surface area contributed by atoms with Gasteiger partial charge in [-0.15, -0.1) is 0 Å². The Morgan fingerprint density at radius 2 is 2.14 bits per heavy atom. The molecule has 7 heteroatoms. The van der Waals surface area contributed by atoms with Crippen molar-refractivity contribution in [1.29, 1.82) is 0 Å². The number of hydrogen-bond donors (Lipinski definition) is 1. The molecule has 0 radical (unpaired) electrons. The summed E-state index contributed by atoms with van der Waals surface area (Å²) in [6, 6.07) is 3.44. The summed E-state index contributed by atoms with van der Waals surface area (Å²) in [4.78, 5) is -0.00301. The van der Waals surface area contributed by atoms with E-state index in [0.717, 1.165) is 30.1 Å². The number of rotatable bonds is 2. The number of halogens is 1. The van der Waals surface area contributed by atoms with Crippen molar-refractivity contribution in [3.8, 4) is 11.8 Å². The summed E-state index contributed by atoms with van der Waals surface area (Å²) in [5.74, 6) is 6.02. The molecule has 0 unspecified atom stereocenters. The van der Waals surface area contributed by atoms with Crippen molar-refractivity contribution in [2.24, 2.45) is 0 Å². The first-order valence-electron chi connectivity index (χ1n) is 6.53. The Hall–Kier alpha value is -1.07. The van der Waals surface area contributed by atoms with E-state index < -0.39 is 22.4 Å². The number of aliphatic hydroxyl groups is 1. The van der Waals surface area contributed by atoms with Crippen LogP contribution in [0.25, 0.3) is 0 Å². The van der Waals surface area contributed by atoms with Gasteiger partial charge in [-0.3, -0.25) is 0 Å². The van der Waals surface area contributed by atoms with Crippen LogP contribution in [-0.4, -0.2) is 49.0 Å². The fourth-order valence-corrected chi connectivity index (χ4v) is 4.67. The highest BCUT2D eigenvalue weighted by atomic mass is 32.2. The summed E-state index contributed by atoms with van der Waals surface area (Å²) >= 11 is 1.72. The van der Waals surface area contributed by atoms with Gasteiger partial charge in [0.25, 0.3) is 0 Å². The van der Waals surface area contributed by atoms with Crippen LogP contribution in [0.15, 0.2) is 23.1 Å². The van der Waals surface area contributed by atoms with E-state index in [2.05, 4.69) is 11.8 Å². The number of hydrogen-bond acceptors (Lipinski definition) is 4. The molecular weight excluding hydrogens is 313 g/mol. The maximum atomic E-state index is 13.3. The summed E-state index contributed by atoms with van der Waals surface area (Å²) in [7, 11) is -3.69. The van der Waals surface area contributed by atoms with E-state index in [1.807, 2.05) is 0 Å². The highest BCUT2D eigenvalue weighted by Crippen LogP contribution is 2.23. The lowest BCUT2D eigenvalue weighted by Gasteiger charge is -2.20. The van der Waals surface area contributed by atoms with Crippen molar-refractivity contribution in [2.45, 2.75) is 11.3 Å². The molecule has 4 nitrogen and oxygen atoms in total. The van der Waals surface area contributed by atoms with Gasteiger partial charge in [-0.05, 0) is 30.4 Å². The van der Waals surface area contributed by atoms with Crippen molar-refractivity contribution in [2.75, 3.05) is 31.2 Å². The van der Waals surface area contributed by atoms with Crippen molar-refractivity contribution in [3.05, 3.63) is 29.6 Å². The van der Waals surface area contributed by atoms with Crippen molar-refractivity contribution in [1.82, 2.24) is 4.31 Å². The van der Waals surface area contributed by atoms with Crippen LogP contribution in [0, 0.1) is 17.7 Å². The van der Waals surface area contributed by atoms with Crippen LogP contribution >= 0.6 is 11.8 Å². The molecule has 21 heavy (non-hydrogen) atoms. The predicted molar refractivity (Wildman–Crippen MR) is 81.1 cm³/mol. The lowest BCUT2D eigenvalue weighted by atomic mass is 10.2. The number of thioether (sulfide) groups is 1. The minimum atomic E-state index is -3.69. The zero-order chi connectivity index (χ0) is 15.3. The zero-order valence-corrected chi connectivity index (χ0v) is 13.0. The van der Waals surface area contributed by atoms with E-state index >= 15 is 0 Å². The molecule has 114 valence electrons. The standard InChI is InChI=1S/C14H16FNO3S2/c15-13-4-5-14(12(11-13)3-1-8-17)21(18,19)16-6-2-9-20-10-7-16/h4-5,11,17H,2,6-10H2. The van der Waals surface area contributed by atoms with Crippen molar-refractivity contribution in [3.63, 3.8) is 0 Å². The van der Waals surface area contributed by atoms with Crippen LogP contribution in [0.2, 0.25) is 0 Å². The third-order valence-electron chi connectivity index (χ3n) is 3.04. The highest BCUT2D eigenvalue weighted by molar-refractivity contribution is 7.99. The maximum absolute atomic E-state index is 13.3. The van der Waals surface area contributed by atoms with E-state index in [1.165, 1.54) is 10.4 Å². The number of aliphatic hydroxyl groups excluding tert-OH is 1. The molecule has 0 spiro atoms. The van der Waals surface area contributed by atoms with Gasteiger partial charge < -0.3 is 5.11 Å². The largest absolute Gasteiger partial charge is 0.384 e. The lowest BCUT2D eigenvalue weighted by molar-refractivity contribution is 0.350. The molecule has 0 amide bonds. The lowest BCUT2D eigenvalue weighted by Crippen LogP contribution is -2.33. The molecule has 1 aromatic rings. The smallest absolute Gasteiger partial charge is 0.244 e. The average molecular weight is 329 g/mol. The number of nitrogens with zero attached hydrogens (tertiary/aromatic N) is 1. The first kappa shape index (κ1) is 16.3. The molecular formula is C14H16FNO3S2. The molecule has 1 aromatic carbocycles. The molecule has 0 aromatic heterocycles. The molecule has 0 atom stereocenters. The molecule has 1 N–H and O–H groups in total. The van der Waals surface area contributed by atoms with Crippen LogP contribution < -0.4 is 0 Å². The first-order chi connectivity index (χ1) is 10.1. The first-order valence-corrected chi connectivity index (χ1v) is 9.12. The fraction of sp³-hybridized carbons (Fsp3) is 0.429. The topological polar surface area (TPSA) is 57.6 Å². The highest BCUT2D eigenvalue weighted by Gasteiger charge is 2.27. The second kappa shape index (κ2) is 7.27. The molecule has 0 aliphatic carbocycles. The summed E-state index contributed by atoms with van der Waals surface area (Å²) in [5, 5.41) is 8.75. The Kier molecular flexibility index (Phi) is 5.65. The summed E-state index contributed by atoms with van der Waals surface area (Å²) in [5.41, 5.74) is 0.0842. The van der Waals surface area contributed by atoms with E-state index in [0.29, 0.717) is 13.1 Å².